The number of carbonyl (C=O) groups excluding carboxylic acids is 1. The summed E-state index contributed by atoms with van der Waals surface area (Å²) in [4.78, 5) is 12.3. The molecule has 0 spiro atoms. The van der Waals surface area contributed by atoms with Gasteiger partial charge in [-0.25, -0.2) is 8.42 Å². The maximum atomic E-state index is 12.3. The zero-order valence-electron chi connectivity index (χ0n) is 11.6. The van der Waals surface area contributed by atoms with Crippen LogP contribution >= 0.6 is 15.9 Å². The van der Waals surface area contributed by atoms with Gasteiger partial charge in [0.2, 0.25) is 5.91 Å². The van der Waals surface area contributed by atoms with Crippen LogP contribution in [0, 0.1) is 13.8 Å². The first-order valence-corrected chi connectivity index (χ1v) is 9.11. The Kier molecular flexibility index (Phi) is 4.54. The molecule has 1 saturated heterocycles. The van der Waals surface area contributed by atoms with E-state index in [2.05, 4.69) is 21.2 Å². The zero-order valence-corrected chi connectivity index (χ0v) is 14.0. The molecule has 20 heavy (non-hydrogen) atoms. The highest BCUT2D eigenvalue weighted by molar-refractivity contribution is 9.10. The number of benzene rings is 1. The summed E-state index contributed by atoms with van der Waals surface area (Å²) >= 11 is 3.40. The molecule has 0 aliphatic carbocycles. The molecule has 4 nitrogen and oxygen atoms in total. The maximum absolute atomic E-state index is 12.3. The third kappa shape index (κ3) is 3.23. The molecule has 0 saturated carbocycles. The van der Waals surface area contributed by atoms with Crippen molar-refractivity contribution in [3.63, 3.8) is 0 Å². The van der Waals surface area contributed by atoms with Gasteiger partial charge in [0.1, 0.15) is 5.25 Å². The number of nitrogens with one attached hydrogen (secondary N) is 1. The Morgan fingerprint density at radius 2 is 1.85 bits per heavy atom. The Morgan fingerprint density at radius 3 is 2.40 bits per heavy atom. The molecule has 0 aromatic heterocycles. The molecule has 6 heteroatoms. The Labute approximate surface area is 128 Å². The fourth-order valence-electron chi connectivity index (χ4n) is 2.56. The first-order chi connectivity index (χ1) is 9.31. The fourth-order valence-corrected chi connectivity index (χ4v) is 5.05. The van der Waals surface area contributed by atoms with Gasteiger partial charge in [0, 0.05) is 10.2 Å². The average molecular weight is 360 g/mol. The van der Waals surface area contributed by atoms with E-state index in [1.807, 2.05) is 26.0 Å². The molecule has 1 unspecified atom stereocenters. The molecule has 1 aromatic carbocycles. The summed E-state index contributed by atoms with van der Waals surface area (Å²) < 4.78 is 24.9. The Bertz CT molecular complexity index is 617. The van der Waals surface area contributed by atoms with Crippen LogP contribution in [-0.2, 0) is 14.6 Å². The summed E-state index contributed by atoms with van der Waals surface area (Å²) in [5.74, 6) is -0.290. The van der Waals surface area contributed by atoms with Crippen molar-refractivity contribution < 1.29 is 13.2 Å². The van der Waals surface area contributed by atoms with Gasteiger partial charge in [-0.15, -0.1) is 0 Å². The van der Waals surface area contributed by atoms with Crippen molar-refractivity contribution in [2.45, 2.75) is 38.4 Å². The van der Waals surface area contributed by atoms with E-state index < -0.39 is 21.0 Å². The number of carbonyl (C=O) groups is 1. The van der Waals surface area contributed by atoms with E-state index in [1.165, 1.54) is 0 Å². The third-order valence-electron chi connectivity index (χ3n) is 3.62. The number of anilines is 1. The van der Waals surface area contributed by atoms with Gasteiger partial charge < -0.3 is 5.32 Å². The first kappa shape index (κ1) is 15.5. The van der Waals surface area contributed by atoms with E-state index in [4.69, 9.17) is 0 Å². The molecular formula is C14H18BrNO3S. The molecule has 2 rings (SSSR count). The summed E-state index contributed by atoms with van der Waals surface area (Å²) in [5, 5.41) is 1.89. The molecular weight excluding hydrogens is 342 g/mol. The summed E-state index contributed by atoms with van der Waals surface area (Å²) in [6.07, 6.45) is 1.86. The van der Waals surface area contributed by atoms with Gasteiger partial charge in [-0.05, 0) is 49.9 Å². The van der Waals surface area contributed by atoms with E-state index in [9.17, 15) is 13.2 Å². The van der Waals surface area contributed by atoms with Crippen LogP contribution < -0.4 is 5.32 Å². The van der Waals surface area contributed by atoms with Crippen LogP contribution in [0.3, 0.4) is 0 Å². The number of rotatable bonds is 2. The lowest BCUT2D eigenvalue weighted by Crippen LogP contribution is -2.39. The SMILES string of the molecule is Cc1cc(Br)cc(C)c1NC(=O)C1CCCCS1(=O)=O. The minimum absolute atomic E-state index is 0.114. The molecule has 1 aliphatic rings. The van der Waals surface area contributed by atoms with Crippen LogP contribution in [0.5, 0.6) is 0 Å². The topological polar surface area (TPSA) is 63.2 Å². The van der Waals surface area contributed by atoms with Crippen LogP contribution in [0.4, 0.5) is 5.69 Å². The van der Waals surface area contributed by atoms with Crippen LogP contribution in [0.25, 0.3) is 0 Å². The summed E-state index contributed by atoms with van der Waals surface area (Å²) in [6.45, 7) is 3.78. The molecule has 1 fully saturated rings. The van der Waals surface area contributed by atoms with Crippen LogP contribution in [0.2, 0.25) is 0 Å². The highest BCUT2D eigenvalue weighted by Crippen LogP contribution is 2.27. The van der Waals surface area contributed by atoms with E-state index >= 15 is 0 Å². The van der Waals surface area contributed by atoms with E-state index in [1.54, 1.807) is 0 Å². The van der Waals surface area contributed by atoms with Crippen molar-refractivity contribution in [3.05, 3.63) is 27.7 Å². The number of hydrogen-bond acceptors (Lipinski definition) is 3. The summed E-state index contributed by atoms with van der Waals surface area (Å²) in [5.41, 5.74) is 2.54. The number of amides is 1. The quantitative estimate of drug-likeness (QED) is 0.882. The lowest BCUT2D eigenvalue weighted by Gasteiger charge is -2.22. The second-order valence-electron chi connectivity index (χ2n) is 5.26. The Hall–Kier alpha value is -0.880. The molecule has 110 valence electrons. The van der Waals surface area contributed by atoms with Crippen molar-refractivity contribution in [2.24, 2.45) is 0 Å². The van der Waals surface area contributed by atoms with Crippen molar-refractivity contribution in [3.8, 4) is 0 Å². The maximum Gasteiger partial charge on any atom is 0.242 e. The fraction of sp³-hybridized carbons (Fsp3) is 0.500. The van der Waals surface area contributed by atoms with E-state index in [-0.39, 0.29) is 5.75 Å². The van der Waals surface area contributed by atoms with E-state index in [0.29, 0.717) is 18.5 Å². The Balaban J connectivity index is 2.24. The number of hydrogen-bond donors (Lipinski definition) is 1. The van der Waals surface area contributed by atoms with Gasteiger partial charge in [-0.3, -0.25) is 4.79 Å². The number of halogens is 1. The van der Waals surface area contributed by atoms with Crippen LogP contribution in [0.15, 0.2) is 16.6 Å². The number of aryl methyl sites for hydroxylation is 2. The first-order valence-electron chi connectivity index (χ1n) is 6.60. The van der Waals surface area contributed by atoms with Crippen LogP contribution in [-0.4, -0.2) is 25.3 Å². The minimum Gasteiger partial charge on any atom is -0.324 e. The molecule has 0 radical (unpaired) electrons. The van der Waals surface area contributed by atoms with Gasteiger partial charge >= 0.3 is 0 Å². The predicted molar refractivity (Wildman–Crippen MR) is 83.7 cm³/mol. The lowest BCUT2D eigenvalue weighted by atomic mass is 10.1. The van der Waals surface area contributed by atoms with Crippen LogP contribution in [0.1, 0.15) is 30.4 Å². The smallest absolute Gasteiger partial charge is 0.242 e. The van der Waals surface area contributed by atoms with Crippen molar-refractivity contribution in [2.75, 3.05) is 11.1 Å². The zero-order chi connectivity index (χ0) is 14.9. The number of sulfone groups is 1. The monoisotopic (exact) mass is 359 g/mol. The molecule has 1 N–H and O–H groups in total. The molecule has 1 atom stereocenters. The standard InChI is InChI=1S/C14H18BrNO3S/c1-9-7-11(15)8-10(2)13(9)16-14(17)12-5-3-4-6-20(12,18)19/h7-8,12H,3-6H2,1-2H3,(H,16,17). The molecule has 0 bridgehead atoms. The normalized spacial score (nSPS) is 21.4. The second-order valence-corrected chi connectivity index (χ2v) is 8.47. The molecule has 1 aromatic rings. The van der Waals surface area contributed by atoms with Gasteiger partial charge in [0.25, 0.3) is 0 Å². The highest BCUT2D eigenvalue weighted by Gasteiger charge is 2.35. The van der Waals surface area contributed by atoms with Crippen molar-refractivity contribution >= 4 is 37.4 Å². The third-order valence-corrected chi connectivity index (χ3v) is 6.25. The highest BCUT2D eigenvalue weighted by atomic mass is 79.9. The van der Waals surface area contributed by atoms with Gasteiger partial charge in [-0.2, -0.15) is 0 Å². The summed E-state index contributed by atoms with van der Waals surface area (Å²) in [6, 6.07) is 3.80. The van der Waals surface area contributed by atoms with Crippen molar-refractivity contribution in [1.29, 1.82) is 0 Å². The average Bonchev–Trinajstić information content (AvgIpc) is 2.32. The van der Waals surface area contributed by atoms with Gasteiger partial charge in [0.15, 0.2) is 9.84 Å². The minimum atomic E-state index is -3.30. The lowest BCUT2D eigenvalue weighted by molar-refractivity contribution is -0.116. The molecule has 1 aliphatic heterocycles. The molecule has 1 heterocycles. The predicted octanol–water partition coefficient (Wildman–Crippen LogP) is 2.97. The van der Waals surface area contributed by atoms with Gasteiger partial charge in [-0.1, -0.05) is 22.4 Å². The van der Waals surface area contributed by atoms with Gasteiger partial charge in [0.05, 0.1) is 5.75 Å². The largest absolute Gasteiger partial charge is 0.324 e. The Morgan fingerprint density at radius 1 is 1.25 bits per heavy atom. The van der Waals surface area contributed by atoms with E-state index in [0.717, 1.165) is 22.0 Å². The summed E-state index contributed by atoms with van der Waals surface area (Å²) in [7, 11) is -3.30. The van der Waals surface area contributed by atoms with Crippen molar-refractivity contribution in [1.82, 2.24) is 0 Å². The molecule has 1 amide bonds. The second kappa shape index (κ2) is 5.85.